The van der Waals surface area contributed by atoms with Gasteiger partial charge in [-0.1, -0.05) is 6.92 Å². The van der Waals surface area contributed by atoms with Gasteiger partial charge in [-0.05, 0) is 18.8 Å². The summed E-state index contributed by atoms with van der Waals surface area (Å²) in [6.45, 7) is 2.39. The van der Waals surface area contributed by atoms with E-state index in [1.807, 2.05) is 6.92 Å². The molecule has 2 aliphatic rings. The van der Waals surface area contributed by atoms with Crippen molar-refractivity contribution in [2.24, 2.45) is 11.8 Å². The fraction of sp³-hybridized carbons (Fsp3) is 0.889. The van der Waals surface area contributed by atoms with Crippen LogP contribution in [0, 0.1) is 11.8 Å². The minimum absolute atomic E-state index is 0.00588. The Kier molecular flexibility index (Phi) is 2.48. The van der Waals surface area contributed by atoms with Crippen LogP contribution in [0.2, 0.25) is 0 Å². The third-order valence-electron chi connectivity index (χ3n) is 3.28. The van der Waals surface area contributed by atoms with Crippen LogP contribution < -0.4 is 0 Å². The number of carbonyl (C=O) groups excluding carboxylic acids is 1. The zero-order chi connectivity index (χ0) is 11.2. The summed E-state index contributed by atoms with van der Waals surface area (Å²) in [6.07, 6.45) is 1.11. The molecule has 1 heterocycles. The van der Waals surface area contributed by atoms with Gasteiger partial charge in [0.1, 0.15) is 5.25 Å². The number of carbonyl (C=O) groups is 1. The molecule has 2 rings (SSSR count). The standard InChI is InChI=1S/C9H14FNO3S/c1-6-4-8(6)9(12)11-3-2-7(5-11)15(10,13)14/h6-8H,2-5H2,1H3. The van der Waals surface area contributed by atoms with Gasteiger partial charge in [0, 0.05) is 19.0 Å². The van der Waals surface area contributed by atoms with E-state index in [1.165, 1.54) is 4.90 Å². The highest BCUT2D eigenvalue weighted by atomic mass is 32.3. The summed E-state index contributed by atoms with van der Waals surface area (Å²) in [7, 11) is -4.48. The maximum atomic E-state index is 12.7. The van der Waals surface area contributed by atoms with Crippen LogP contribution in [0.5, 0.6) is 0 Å². The molecule has 3 atom stereocenters. The molecule has 0 aromatic heterocycles. The topological polar surface area (TPSA) is 54.5 Å². The molecule has 0 bridgehead atoms. The number of rotatable bonds is 2. The lowest BCUT2D eigenvalue weighted by Crippen LogP contribution is -2.32. The first kappa shape index (κ1) is 10.9. The van der Waals surface area contributed by atoms with Crippen LogP contribution in [0.25, 0.3) is 0 Å². The van der Waals surface area contributed by atoms with Gasteiger partial charge in [-0.15, -0.1) is 3.89 Å². The van der Waals surface area contributed by atoms with E-state index in [4.69, 9.17) is 0 Å². The molecular formula is C9H14FNO3S. The van der Waals surface area contributed by atoms with Crippen LogP contribution in [-0.4, -0.2) is 37.6 Å². The number of hydrogen-bond donors (Lipinski definition) is 0. The molecule has 0 radical (unpaired) electrons. The Morgan fingerprint density at radius 2 is 2.07 bits per heavy atom. The molecule has 1 saturated carbocycles. The number of likely N-dealkylation sites (tertiary alicyclic amines) is 1. The maximum absolute atomic E-state index is 12.7. The number of nitrogens with zero attached hydrogens (tertiary/aromatic N) is 1. The van der Waals surface area contributed by atoms with Crippen molar-refractivity contribution in [1.29, 1.82) is 0 Å². The Morgan fingerprint density at radius 3 is 2.47 bits per heavy atom. The molecule has 15 heavy (non-hydrogen) atoms. The van der Waals surface area contributed by atoms with Gasteiger partial charge in [0.2, 0.25) is 5.91 Å². The van der Waals surface area contributed by atoms with Crippen LogP contribution in [0.3, 0.4) is 0 Å². The van der Waals surface area contributed by atoms with Crippen molar-refractivity contribution in [2.45, 2.75) is 25.0 Å². The van der Waals surface area contributed by atoms with Gasteiger partial charge in [-0.2, -0.15) is 8.42 Å². The van der Waals surface area contributed by atoms with E-state index in [1.54, 1.807) is 0 Å². The molecular weight excluding hydrogens is 221 g/mol. The summed E-state index contributed by atoms with van der Waals surface area (Å²) in [6, 6.07) is 0. The maximum Gasteiger partial charge on any atom is 0.307 e. The molecule has 1 aliphatic carbocycles. The summed E-state index contributed by atoms with van der Waals surface area (Å²) in [5, 5.41) is -1.00. The highest BCUT2D eigenvalue weighted by molar-refractivity contribution is 7.87. The van der Waals surface area contributed by atoms with Crippen LogP contribution in [-0.2, 0) is 15.0 Å². The van der Waals surface area contributed by atoms with Crippen LogP contribution in [0.4, 0.5) is 3.89 Å². The van der Waals surface area contributed by atoms with Crippen molar-refractivity contribution in [3.05, 3.63) is 0 Å². The summed E-state index contributed by atoms with van der Waals surface area (Å²) in [4.78, 5) is 13.2. The minimum atomic E-state index is -4.48. The third-order valence-corrected chi connectivity index (χ3v) is 4.46. The van der Waals surface area contributed by atoms with Crippen molar-refractivity contribution < 1.29 is 17.1 Å². The molecule has 1 aliphatic heterocycles. The van der Waals surface area contributed by atoms with Gasteiger partial charge in [0.15, 0.2) is 0 Å². The van der Waals surface area contributed by atoms with Crippen molar-refractivity contribution in [1.82, 2.24) is 4.90 Å². The monoisotopic (exact) mass is 235 g/mol. The normalized spacial score (nSPS) is 35.6. The summed E-state index contributed by atoms with van der Waals surface area (Å²) in [5.74, 6) is 0.443. The fourth-order valence-corrected chi connectivity index (χ4v) is 2.80. The third kappa shape index (κ3) is 2.14. The van der Waals surface area contributed by atoms with Crippen molar-refractivity contribution in [3.63, 3.8) is 0 Å². The van der Waals surface area contributed by atoms with Crippen molar-refractivity contribution >= 4 is 16.1 Å². The Labute approximate surface area is 88.7 Å². The predicted octanol–water partition coefficient (Wildman–Crippen LogP) is 0.543. The van der Waals surface area contributed by atoms with E-state index in [0.717, 1.165) is 6.42 Å². The first-order valence-corrected chi connectivity index (χ1v) is 6.56. The molecule has 4 nitrogen and oxygen atoms in total. The highest BCUT2D eigenvalue weighted by Gasteiger charge is 2.44. The Balaban J connectivity index is 1.96. The lowest BCUT2D eigenvalue weighted by Gasteiger charge is -2.15. The van der Waals surface area contributed by atoms with Crippen molar-refractivity contribution in [3.8, 4) is 0 Å². The molecule has 0 N–H and O–H groups in total. The van der Waals surface area contributed by atoms with Gasteiger partial charge in [-0.25, -0.2) is 0 Å². The molecule has 2 fully saturated rings. The van der Waals surface area contributed by atoms with E-state index < -0.39 is 15.5 Å². The van der Waals surface area contributed by atoms with E-state index in [2.05, 4.69) is 0 Å². The Morgan fingerprint density at radius 1 is 1.47 bits per heavy atom. The summed E-state index contributed by atoms with van der Waals surface area (Å²) in [5.41, 5.74) is 0. The van der Waals surface area contributed by atoms with Crippen LogP contribution >= 0.6 is 0 Å². The molecule has 86 valence electrons. The first-order chi connectivity index (χ1) is 6.89. The number of hydrogen-bond acceptors (Lipinski definition) is 3. The largest absolute Gasteiger partial charge is 0.341 e. The van der Waals surface area contributed by atoms with E-state index in [0.29, 0.717) is 12.5 Å². The van der Waals surface area contributed by atoms with Gasteiger partial charge >= 0.3 is 10.2 Å². The summed E-state index contributed by atoms with van der Waals surface area (Å²) >= 11 is 0. The average Bonchev–Trinajstić information content (AvgIpc) is 2.68. The second kappa shape index (κ2) is 3.43. The molecule has 6 heteroatoms. The van der Waals surface area contributed by atoms with E-state index in [9.17, 15) is 17.1 Å². The van der Waals surface area contributed by atoms with Gasteiger partial charge in [0.05, 0.1) is 0 Å². The van der Waals surface area contributed by atoms with Gasteiger partial charge in [0.25, 0.3) is 0 Å². The highest BCUT2D eigenvalue weighted by Crippen LogP contribution is 2.40. The second-order valence-electron chi connectivity index (χ2n) is 4.49. The number of amides is 1. The lowest BCUT2D eigenvalue weighted by atomic mass is 10.3. The number of halogens is 1. The SMILES string of the molecule is CC1CC1C(=O)N1CCC(S(=O)(=O)F)C1. The fourth-order valence-electron chi connectivity index (χ4n) is 2.06. The minimum Gasteiger partial charge on any atom is -0.341 e. The van der Waals surface area contributed by atoms with E-state index in [-0.39, 0.29) is 24.8 Å². The second-order valence-corrected chi connectivity index (χ2v) is 6.11. The zero-order valence-electron chi connectivity index (χ0n) is 8.52. The molecule has 3 unspecified atom stereocenters. The molecule has 1 amide bonds. The van der Waals surface area contributed by atoms with Crippen LogP contribution in [0.1, 0.15) is 19.8 Å². The predicted molar refractivity (Wildman–Crippen MR) is 52.3 cm³/mol. The Hall–Kier alpha value is -0.650. The molecule has 0 aromatic rings. The smallest absolute Gasteiger partial charge is 0.307 e. The molecule has 0 spiro atoms. The van der Waals surface area contributed by atoms with Crippen molar-refractivity contribution in [2.75, 3.05) is 13.1 Å². The Bertz CT molecular complexity index is 381. The lowest BCUT2D eigenvalue weighted by molar-refractivity contribution is -0.131. The molecule has 0 aromatic carbocycles. The quantitative estimate of drug-likeness (QED) is 0.656. The average molecular weight is 235 g/mol. The van der Waals surface area contributed by atoms with Gasteiger partial charge in [-0.3, -0.25) is 4.79 Å². The zero-order valence-corrected chi connectivity index (χ0v) is 9.34. The van der Waals surface area contributed by atoms with E-state index >= 15 is 0 Å². The molecule has 1 saturated heterocycles. The van der Waals surface area contributed by atoms with Gasteiger partial charge < -0.3 is 4.90 Å². The first-order valence-electron chi connectivity index (χ1n) is 5.12. The van der Waals surface area contributed by atoms with Crippen LogP contribution in [0.15, 0.2) is 0 Å². The summed E-state index contributed by atoms with van der Waals surface area (Å²) < 4.78 is 34.0.